The van der Waals surface area contributed by atoms with Gasteiger partial charge in [0.15, 0.2) is 0 Å². The van der Waals surface area contributed by atoms with Crippen molar-refractivity contribution in [1.29, 1.82) is 0 Å². The Labute approximate surface area is 122 Å². The van der Waals surface area contributed by atoms with Gasteiger partial charge in [-0.05, 0) is 70.6 Å². The summed E-state index contributed by atoms with van der Waals surface area (Å²) < 4.78 is 0. The molecule has 0 aliphatic rings. The first-order valence-electron chi connectivity index (χ1n) is 8.42. The van der Waals surface area contributed by atoms with Gasteiger partial charge in [0.25, 0.3) is 0 Å². The van der Waals surface area contributed by atoms with E-state index < -0.39 is 0 Å². The van der Waals surface area contributed by atoms with Gasteiger partial charge in [-0.1, -0.05) is 34.6 Å². The standard InChI is InChI=1S/C17H38N2/c1-7-11-18-12-8-17(6)19(13-9-15(2)3)14-10-16(4)5/h15-18H,7-14H2,1-6H3. The van der Waals surface area contributed by atoms with Crippen LogP contribution in [-0.2, 0) is 0 Å². The minimum Gasteiger partial charge on any atom is -0.317 e. The lowest BCUT2D eigenvalue weighted by atomic mass is 10.1. The van der Waals surface area contributed by atoms with Gasteiger partial charge in [-0.2, -0.15) is 0 Å². The summed E-state index contributed by atoms with van der Waals surface area (Å²) in [6.07, 6.45) is 5.16. The maximum absolute atomic E-state index is 3.52. The summed E-state index contributed by atoms with van der Waals surface area (Å²) >= 11 is 0. The van der Waals surface area contributed by atoms with Crippen LogP contribution in [0.4, 0.5) is 0 Å². The van der Waals surface area contributed by atoms with Gasteiger partial charge < -0.3 is 10.2 Å². The van der Waals surface area contributed by atoms with Crippen LogP contribution in [0.3, 0.4) is 0 Å². The molecule has 1 N–H and O–H groups in total. The second-order valence-corrected chi connectivity index (χ2v) is 6.79. The molecule has 0 heterocycles. The first-order chi connectivity index (χ1) is 8.97. The van der Waals surface area contributed by atoms with Gasteiger partial charge in [-0.25, -0.2) is 0 Å². The van der Waals surface area contributed by atoms with Gasteiger partial charge in [0.1, 0.15) is 0 Å². The highest BCUT2D eigenvalue weighted by Gasteiger charge is 2.14. The van der Waals surface area contributed by atoms with Crippen molar-refractivity contribution in [2.45, 2.75) is 73.3 Å². The molecule has 0 spiro atoms. The summed E-state index contributed by atoms with van der Waals surface area (Å²) in [4.78, 5) is 2.70. The lowest BCUT2D eigenvalue weighted by Gasteiger charge is -2.30. The molecule has 1 unspecified atom stereocenters. The van der Waals surface area contributed by atoms with Crippen molar-refractivity contribution in [3.05, 3.63) is 0 Å². The predicted molar refractivity (Wildman–Crippen MR) is 87.7 cm³/mol. The summed E-state index contributed by atoms with van der Waals surface area (Å²) in [6, 6.07) is 0.710. The molecule has 0 rings (SSSR count). The van der Waals surface area contributed by atoms with E-state index in [1.807, 2.05) is 0 Å². The van der Waals surface area contributed by atoms with Gasteiger partial charge >= 0.3 is 0 Å². The first-order valence-corrected chi connectivity index (χ1v) is 8.42. The highest BCUT2D eigenvalue weighted by atomic mass is 15.1. The molecule has 0 aliphatic carbocycles. The largest absolute Gasteiger partial charge is 0.317 e. The van der Waals surface area contributed by atoms with Crippen LogP contribution in [0.15, 0.2) is 0 Å². The molecule has 0 aromatic carbocycles. The third-order valence-electron chi connectivity index (χ3n) is 3.78. The Kier molecular flexibility index (Phi) is 11.7. The van der Waals surface area contributed by atoms with Gasteiger partial charge in [0.05, 0.1) is 0 Å². The maximum Gasteiger partial charge on any atom is 0.00790 e. The summed E-state index contributed by atoms with van der Waals surface area (Å²) in [7, 11) is 0. The fraction of sp³-hybridized carbons (Fsp3) is 1.00. The number of rotatable bonds is 12. The van der Waals surface area contributed by atoms with Crippen molar-refractivity contribution in [1.82, 2.24) is 10.2 Å². The van der Waals surface area contributed by atoms with Crippen LogP contribution in [0.25, 0.3) is 0 Å². The van der Waals surface area contributed by atoms with Crippen LogP contribution in [0.5, 0.6) is 0 Å². The molecular formula is C17H38N2. The lowest BCUT2D eigenvalue weighted by molar-refractivity contribution is 0.179. The fourth-order valence-corrected chi connectivity index (χ4v) is 2.20. The number of hydrogen-bond acceptors (Lipinski definition) is 2. The molecule has 0 saturated carbocycles. The number of nitrogens with one attached hydrogen (secondary N) is 1. The van der Waals surface area contributed by atoms with Gasteiger partial charge in [-0.15, -0.1) is 0 Å². The highest BCUT2D eigenvalue weighted by molar-refractivity contribution is 4.70. The van der Waals surface area contributed by atoms with E-state index in [2.05, 4.69) is 51.8 Å². The minimum atomic E-state index is 0.710. The molecule has 1 atom stereocenters. The molecule has 0 saturated heterocycles. The number of hydrogen-bond donors (Lipinski definition) is 1. The zero-order valence-corrected chi connectivity index (χ0v) is 14.3. The monoisotopic (exact) mass is 270 g/mol. The Bertz CT molecular complexity index is 178. The second kappa shape index (κ2) is 11.7. The molecule has 2 nitrogen and oxygen atoms in total. The fourth-order valence-electron chi connectivity index (χ4n) is 2.20. The average Bonchev–Trinajstić information content (AvgIpc) is 2.33. The quantitative estimate of drug-likeness (QED) is 0.536. The van der Waals surface area contributed by atoms with Crippen molar-refractivity contribution in [2.75, 3.05) is 26.2 Å². The number of nitrogens with zero attached hydrogens (tertiary/aromatic N) is 1. The Morgan fingerprint density at radius 2 is 1.32 bits per heavy atom. The Morgan fingerprint density at radius 1 is 0.789 bits per heavy atom. The lowest BCUT2D eigenvalue weighted by Crippen LogP contribution is -2.37. The Balaban J connectivity index is 4.04. The molecular weight excluding hydrogens is 232 g/mol. The third kappa shape index (κ3) is 11.4. The van der Waals surface area contributed by atoms with Gasteiger partial charge in [0, 0.05) is 6.04 Å². The Hall–Kier alpha value is -0.0800. The van der Waals surface area contributed by atoms with E-state index in [4.69, 9.17) is 0 Å². The molecule has 2 heteroatoms. The van der Waals surface area contributed by atoms with E-state index in [-0.39, 0.29) is 0 Å². The molecule has 0 fully saturated rings. The van der Waals surface area contributed by atoms with Crippen LogP contribution in [0.1, 0.15) is 67.2 Å². The van der Waals surface area contributed by atoms with E-state index in [9.17, 15) is 0 Å². The molecule has 19 heavy (non-hydrogen) atoms. The van der Waals surface area contributed by atoms with Gasteiger partial charge in [0.2, 0.25) is 0 Å². The van der Waals surface area contributed by atoms with Crippen LogP contribution in [-0.4, -0.2) is 37.1 Å². The first kappa shape index (κ1) is 18.9. The average molecular weight is 271 g/mol. The Morgan fingerprint density at radius 3 is 1.74 bits per heavy atom. The molecule has 0 bridgehead atoms. The normalized spacial score (nSPS) is 13.7. The summed E-state index contributed by atoms with van der Waals surface area (Å²) in [5.74, 6) is 1.62. The van der Waals surface area contributed by atoms with Crippen molar-refractivity contribution in [3.8, 4) is 0 Å². The smallest absolute Gasteiger partial charge is 0.00790 e. The van der Waals surface area contributed by atoms with E-state index in [0.717, 1.165) is 24.9 Å². The molecule has 0 amide bonds. The van der Waals surface area contributed by atoms with Crippen LogP contribution >= 0.6 is 0 Å². The molecule has 0 aliphatic heterocycles. The molecule has 0 aromatic heterocycles. The van der Waals surface area contributed by atoms with Gasteiger partial charge in [-0.3, -0.25) is 0 Å². The van der Waals surface area contributed by atoms with Crippen LogP contribution < -0.4 is 5.32 Å². The SMILES string of the molecule is CCCNCCC(C)N(CCC(C)C)CCC(C)C. The minimum absolute atomic E-state index is 0.710. The predicted octanol–water partition coefficient (Wildman–Crippen LogP) is 4.16. The molecule has 0 radical (unpaired) electrons. The zero-order valence-electron chi connectivity index (χ0n) is 14.3. The highest BCUT2D eigenvalue weighted by Crippen LogP contribution is 2.11. The van der Waals surface area contributed by atoms with Crippen molar-refractivity contribution < 1.29 is 0 Å². The molecule has 0 aromatic rings. The summed E-state index contributed by atoms with van der Waals surface area (Å²) in [6.45, 7) is 18.8. The van der Waals surface area contributed by atoms with Crippen molar-refractivity contribution in [3.63, 3.8) is 0 Å². The van der Waals surface area contributed by atoms with Crippen molar-refractivity contribution in [2.24, 2.45) is 11.8 Å². The third-order valence-corrected chi connectivity index (χ3v) is 3.78. The van der Waals surface area contributed by atoms with E-state index in [1.54, 1.807) is 0 Å². The van der Waals surface area contributed by atoms with E-state index in [0.29, 0.717) is 6.04 Å². The van der Waals surface area contributed by atoms with Crippen molar-refractivity contribution >= 4 is 0 Å². The maximum atomic E-state index is 3.52. The van der Waals surface area contributed by atoms with E-state index in [1.165, 1.54) is 38.8 Å². The topological polar surface area (TPSA) is 15.3 Å². The summed E-state index contributed by atoms with van der Waals surface area (Å²) in [5.41, 5.74) is 0. The second-order valence-electron chi connectivity index (χ2n) is 6.79. The zero-order chi connectivity index (χ0) is 14.7. The molecule has 116 valence electrons. The van der Waals surface area contributed by atoms with E-state index >= 15 is 0 Å². The summed E-state index contributed by atoms with van der Waals surface area (Å²) in [5, 5.41) is 3.52. The van der Waals surface area contributed by atoms with Crippen LogP contribution in [0, 0.1) is 11.8 Å². The van der Waals surface area contributed by atoms with Crippen LogP contribution in [0.2, 0.25) is 0 Å².